The molecule has 1 saturated carbocycles. The molecule has 2 saturated heterocycles. The zero-order valence-corrected chi connectivity index (χ0v) is 14.7. The quantitative estimate of drug-likeness (QED) is 0.914. The molecule has 0 spiro atoms. The molecule has 0 amide bonds. The normalized spacial score (nSPS) is 29.3. The third-order valence-electron chi connectivity index (χ3n) is 5.96. The molecule has 1 N–H and O–H groups in total. The summed E-state index contributed by atoms with van der Waals surface area (Å²) in [5.41, 5.74) is 0.0808. The molecule has 1 aromatic heterocycles. The van der Waals surface area contributed by atoms with E-state index < -0.39 is 5.60 Å². The van der Waals surface area contributed by atoms with Crippen molar-refractivity contribution in [3.8, 4) is 0 Å². The van der Waals surface area contributed by atoms with Crippen LogP contribution in [-0.2, 0) is 12.1 Å². The summed E-state index contributed by atoms with van der Waals surface area (Å²) in [6.07, 6.45) is 9.77. The third-order valence-corrected chi connectivity index (χ3v) is 7.11. The van der Waals surface area contributed by atoms with Gasteiger partial charge in [-0.05, 0) is 56.9 Å². The highest BCUT2D eigenvalue weighted by atomic mass is 32.2. The second kappa shape index (κ2) is 6.73. The number of aromatic nitrogens is 3. The van der Waals surface area contributed by atoms with Crippen molar-refractivity contribution in [3.63, 3.8) is 0 Å². The highest BCUT2D eigenvalue weighted by Gasteiger charge is 2.36. The summed E-state index contributed by atoms with van der Waals surface area (Å²) in [5, 5.41) is 19.2. The lowest BCUT2D eigenvalue weighted by Gasteiger charge is -2.35. The van der Waals surface area contributed by atoms with Crippen molar-refractivity contribution in [1.29, 1.82) is 0 Å². The lowest BCUT2D eigenvalue weighted by atomic mass is 9.95. The average molecular weight is 337 g/mol. The third kappa shape index (κ3) is 3.44. The zero-order chi connectivity index (χ0) is 15.7. The smallest absolute Gasteiger partial charge is 0.114 e. The molecule has 0 radical (unpaired) electrons. The SMILES string of the molecule is OC1(c2cn(CC3CCN([C@H]4CCSC4)CC3)nn2)CCCC1. The van der Waals surface area contributed by atoms with E-state index >= 15 is 0 Å². The van der Waals surface area contributed by atoms with Gasteiger partial charge in [0.2, 0.25) is 0 Å². The minimum absolute atomic E-state index is 0.702. The molecule has 3 fully saturated rings. The number of likely N-dealkylation sites (tertiary alicyclic amines) is 1. The highest BCUT2D eigenvalue weighted by Crippen LogP contribution is 2.37. The van der Waals surface area contributed by atoms with Crippen molar-refractivity contribution in [2.45, 2.75) is 63.1 Å². The molecule has 3 aliphatic rings. The van der Waals surface area contributed by atoms with E-state index in [2.05, 4.69) is 27.0 Å². The first-order valence-corrected chi connectivity index (χ1v) is 10.3. The average Bonchev–Trinajstić information content (AvgIpc) is 3.29. The van der Waals surface area contributed by atoms with Crippen LogP contribution in [0.4, 0.5) is 0 Å². The molecule has 4 rings (SSSR count). The second-order valence-corrected chi connectivity index (χ2v) is 8.71. The maximum Gasteiger partial charge on any atom is 0.114 e. The molecule has 23 heavy (non-hydrogen) atoms. The van der Waals surface area contributed by atoms with Gasteiger partial charge in [-0.15, -0.1) is 5.10 Å². The summed E-state index contributed by atoms with van der Waals surface area (Å²) in [6, 6.07) is 0.829. The van der Waals surface area contributed by atoms with Crippen molar-refractivity contribution in [2.75, 3.05) is 24.6 Å². The molecule has 6 heteroatoms. The topological polar surface area (TPSA) is 54.2 Å². The molecule has 1 aromatic rings. The van der Waals surface area contributed by atoms with Crippen LogP contribution in [0, 0.1) is 5.92 Å². The Morgan fingerprint density at radius 3 is 2.70 bits per heavy atom. The minimum atomic E-state index is -0.707. The van der Waals surface area contributed by atoms with Crippen LogP contribution in [0.5, 0.6) is 0 Å². The van der Waals surface area contributed by atoms with E-state index in [9.17, 15) is 5.11 Å². The van der Waals surface area contributed by atoms with Gasteiger partial charge in [0, 0.05) is 18.3 Å². The standard InChI is InChI=1S/C17H28N4OS/c22-17(6-1-2-7-17)16-12-21(19-18-16)11-14-3-8-20(9-4-14)15-5-10-23-13-15/h12,14-15,22H,1-11,13H2/t15-/m0/s1. The van der Waals surface area contributed by atoms with E-state index in [0.717, 1.165) is 44.0 Å². The van der Waals surface area contributed by atoms with Crippen LogP contribution in [0.2, 0.25) is 0 Å². The summed E-state index contributed by atoms with van der Waals surface area (Å²) in [4.78, 5) is 2.70. The van der Waals surface area contributed by atoms with Gasteiger partial charge in [-0.2, -0.15) is 11.8 Å². The summed E-state index contributed by atoms with van der Waals surface area (Å²) in [5.74, 6) is 3.37. The van der Waals surface area contributed by atoms with Crippen LogP contribution < -0.4 is 0 Å². The van der Waals surface area contributed by atoms with E-state index in [1.807, 2.05) is 10.9 Å². The van der Waals surface area contributed by atoms with Gasteiger partial charge in [0.25, 0.3) is 0 Å². The Bertz CT molecular complexity index is 514. The van der Waals surface area contributed by atoms with Gasteiger partial charge in [0.05, 0.1) is 6.20 Å². The van der Waals surface area contributed by atoms with Gasteiger partial charge in [0.1, 0.15) is 11.3 Å². The van der Waals surface area contributed by atoms with Crippen molar-refractivity contribution in [1.82, 2.24) is 19.9 Å². The Morgan fingerprint density at radius 1 is 1.22 bits per heavy atom. The number of nitrogens with zero attached hydrogens (tertiary/aromatic N) is 4. The lowest BCUT2D eigenvalue weighted by Crippen LogP contribution is -2.42. The first-order chi connectivity index (χ1) is 11.2. The number of rotatable bonds is 4. The van der Waals surface area contributed by atoms with Gasteiger partial charge < -0.3 is 5.11 Å². The van der Waals surface area contributed by atoms with Crippen LogP contribution in [0.25, 0.3) is 0 Å². The number of hydrogen-bond donors (Lipinski definition) is 1. The van der Waals surface area contributed by atoms with Crippen LogP contribution in [0.3, 0.4) is 0 Å². The summed E-state index contributed by atoms with van der Waals surface area (Å²) < 4.78 is 1.97. The van der Waals surface area contributed by atoms with Crippen molar-refractivity contribution < 1.29 is 5.11 Å². The largest absolute Gasteiger partial charge is 0.383 e. The number of aliphatic hydroxyl groups is 1. The predicted octanol–water partition coefficient (Wildman–Crippen LogP) is 2.26. The zero-order valence-electron chi connectivity index (χ0n) is 13.9. The first kappa shape index (κ1) is 15.9. The van der Waals surface area contributed by atoms with E-state index in [1.54, 1.807) is 0 Å². The molecule has 1 atom stereocenters. The van der Waals surface area contributed by atoms with Gasteiger partial charge in [-0.3, -0.25) is 9.58 Å². The summed E-state index contributed by atoms with van der Waals surface area (Å²) in [6.45, 7) is 3.43. The fourth-order valence-electron chi connectivity index (χ4n) is 4.39. The van der Waals surface area contributed by atoms with Crippen molar-refractivity contribution in [2.24, 2.45) is 5.92 Å². The van der Waals surface area contributed by atoms with Crippen LogP contribution in [0.1, 0.15) is 50.6 Å². The van der Waals surface area contributed by atoms with Gasteiger partial charge >= 0.3 is 0 Å². The lowest BCUT2D eigenvalue weighted by molar-refractivity contribution is 0.0398. The van der Waals surface area contributed by atoms with E-state index in [-0.39, 0.29) is 0 Å². The molecule has 2 aliphatic heterocycles. The maximum atomic E-state index is 10.6. The number of thioether (sulfide) groups is 1. The van der Waals surface area contributed by atoms with Gasteiger partial charge in [-0.25, -0.2) is 0 Å². The first-order valence-electron chi connectivity index (χ1n) is 9.18. The van der Waals surface area contributed by atoms with Gasteiger partial charge in [0.15, 0.2) is 0 Å². The Kier molecular flexibility index (Phi) is 4.65. The van der Waals surface area contributed by atoms with Crippen molar-refractivity contribution >= 4 is 11.8 Å². The summed E-state index contributed by atoms with van der Waals surface area (Å²) >= 11 is 2.11. The maximum absolute atomic E-state index is 10.6. The Morgan fingerprint density at radius 2 is 2.00 bits per heavy atom. The van der Waals surface area contributed by atoms with E-state index in [4.69, 9.17) is 0 Å². The molecule has 0 aromatic carbocycles. The van der Waals surface area contributed by atoms with Crippen LogP contribution in [0.15, 0.2) is 6.20 Å². The van der Waals surface area contributed by atoms with Crippen LogP contribution >= 0.6 is 11.8 Å². The monoisotopic (exact) mass is 336 g/mol. The number of piperidine rings is 1. The molecule has 0 unspecified atom stereocenters. The molecule has 3 heterocycles. The van der Waals surface area contributed by atoms with E-state index in [0.29, 0.717) is 5.92 Å². The van der Waals surface area contributed by atoms with Crippen LogP contribution in [-0.4, -0.2) is 55.6 Å². The molecule has 0 bridgehead atoms. The van der Waals surface area contributed by atoms with Gasteiger partial charge in [-0.1, -0.05) is 18.1 Å². The van der Waals surface area contributed by atoms with E-state index in [1.165, 1.54) is 43.9 Å². The van der Waals surface area contributed by atoms with Crippen molar-refractivity contribution in [3.05, 3.63) is 11.9 Å². The molecule has 1 aliphatic carbocycles. The Labute approximate surface area is 142 Å². The molecular formula is C17H28N4OS. The Balaban J connectivity index is 1.30. The minimum Gasteiger partial charge on any atom is -0.383 e. The molecular weight excluding hydrogens is 308 g/mol. The highest BCUT2D eigenvalue weighted by molar-refractivity contribution is 7.99. The fourth-order valence-corrected chi connectivity index (χ4v) is 5.65. The molecule has 5 nitrogen and oxygen atoms in total. The summed E-state index contributed by atoms with van der Waals surface area (Å²) in [7, 11) is 0. The molecule has 128 valence electrons. The second-order valence-electron chi connectivity index (χ2n) is 7.56. The number of hydrogen-bond acceptors (Lipinski definition) is 5. The predicted molar refractivity (Wildman–Crippen MR) is 92.4 cm³/mol. The fraction of sp³-hybridized carbons (Fsp3) is 0.882. The Hall–Kier alpha value is -0.590.